The zero-order valence-corrected chi connectivity index (χ0v) is 17.8. The number of ether oxygens (including phenoxy) is 1. The lowest BCUT2D eigenvalue weighted by Crippen LogP contribution is -2.46. The van der Waals surface area contributed by atoms with Gasteiger partial charge in [-0.25, -0.2) is 0 Å². The maximum Gasteiger partial charge on any atom is 0.285 e. The number of rotatable bonds is 5. The molecule has 144 valence electrons. The molecule has 2 aromatic carbocycles. The molecule has 1 aliphatic rings. The number of carbonyl (C=O) groups is 2. The van der Waals surface area contributed by atoms with E-state index >= 15 is 0 Å². The van der Waals surface area contributed by atoms with E-state index in [1.165, 1.54) is 6.07 Å². The maximum atomic E-state index is 12.5. The van der Waals surface area contributed by atoms with Gasteiger partial charge in [0.15, 0.2) is 10.9 Å². The highest BCUT2D eigenvalue weighted by atomic mass is 35.5. The number of hydrazine groups is 1. The van der Waals surface area contributed by atoms with Crippen LogP contribution in [0.5, 0.6) is 5.75 Å². The molecule has 5 nitrogen and oxygen atoms in total. The first-order valence-electron chi connectivity index (χ1n) is 7.74. The third-order valence-corrected chi connectivity index (χ3v) is 5.54. The third kappa shape index (κ3) is 5.18. The molecular formula is C18H11Cl3N2O3S2. The summed E-state index contributed by atoms with van der Waals surface area (Å²) < 4.78 is 5.56. The Morgan fingerprint density at radius 2 is 1.82 bits per heavy atom. The summed E-state index contributed by atoms with van der Waals surface area (Å²) >= 11 is 23.9. The SMILES string of the molecule is O=C(COc1ccc(Cl)cc1Cl)NN1C(=O)C(=Cc2ccc(Cl)cc2)SC1=S. The normalized spacial score (nSPS) is 15.2. The Balaban J connectivity index is 1.62. The topological polar surface area (TPSA) is 58.6 Å². The van der Waals surface area contributed by atoms with Gasteiger partial charge in [0.2, 0.25) is 0 Å². The highest BCUT2D eigenvalue weighted by Crippen LogP contribution is 2.31. The van der Waals surface area contributed by atoms with Gasteiger partial charge in [-0.2, -0.15) is 5.01 Å². The van der Waals surface area contributed by atoms with Crippen LogP contribution in [0, 0.1) is 0 Å². The van der Waals surface area contributed by atoms with Crippen molar-refractivity contribution < 1.29 is 14.3 Å². The molecule has 1 fully saturated rings. The fourth-order valence-electron chi connectivity index (χ4n) is 2.17. The van der Waals surface area contributed by atoms with Crippen molar-refractivity contribution in [1.82, 2.24) is 10.4 Å². The molecule has 2 aromatic rings. The van der Waals surface area contributed by atoms with E-state index in [2.05, 4.69) is 5.43 Å². The van der Waals surface area contributed by atoms with Crippen molar-refractivity contribution in [3.63, 3.8) is 0 Å². The number of benzene rings is 2. The summed E-state index contributed by atoms with van der Waals surface area (Å²) in [6.07, 6.45) is 1.67. The van der Waals surface area contributed by atoms with Gasteiger partial charge in [0.25, 0.3) is 11.8 Å². The molecule has 0 aromatic heterocycles. The molecule has 1 heterocycles. The quantitative estimate of drug-likeness (QED) is 0.491. The monoisotopic (exact) mass is 472 g/mol. The Morgan fingerprint density at radius 3 is 2.50 bits per heavy atom. The Morgan fingerprint density at radius 1 is 1.14 bits per heavy atom. The lowest BCUT2D eigenvalue weighted by Gasteiger charge is -2.16. The van der Waals surface area contributed by atoms with Crippen molar-refractivity contribution in [2.24, 2.45) is 0 Å². The Kier molecular flexibility index (Phi) is 6.85. The van der Waals surface area contributed by atoms with E-state index in [9.17, 15) is 9.59 Å². The summed E-state index contributed by atoms with van der Waals surface area (Å²) in [4.78, 5) is 25.0. The highest BCUT2D eigenvalue weighted by molar-refractivity contribution is 8.26. The molecule has 0 spiro atoms. The predicted octanol–water partition coefficient (Wildman–Crippen LogP) is 4.96. The molecule has 1 N–H and O–H groups in total. The van der Waals surface area contributed by atoms with Crippen molar-refractivity contribution in [2.75, 3.05) is 6.61 Å². The Labute approximate surface area is 185 Å². The molecule has 0 radical (unpaired) electrons. The molecule has 0 atom stereocenters. The van der Waals surface area contributed by atoms with E-state index in [4.69, 9.17) is 51.8 Å². The standard InChI is InChI=1S/C18H11Cl3N2O3S2/c19-11-3-1-10(2-4-11)7-15-17(25)23(18(27)28-15)22-16(24)9-26-14-6-5-12(20)8-13(14)21/h1-8H,9H2,(H,22,24). The number of carbonyl (C=O) groups excluding carboxylic acids is 2. The van der Waals surface area contributed by atoms with Crippen LogP contribution in [-0.2, 0) is 9.59 Å². The Hall–Kier alpha value is -1.77. The summed E-state index contributed by atoms with van der Waals surface area (Å²) in [6, 6.07) is 11.6. The van der Waals surface area contributed by atoms with Gasteiger partial charge in [-0.15, -0.1) is 0 Å². The highest BCUT2D eigenvalue weighted by Gasteiger charge is 2.33. The predicted molar refractivity (Wildman–Crippen MR) is 117 cm³/mol. The van der Waals surface area contributed by atoms with Crippen LogP contribution in [0.15, 0.2) is 47.4 Å². The first-order chi connectivity index (χ1) is 13.3. The van der Waals surface area contributed by atoms with Crippen LogP contribution in [0.4, 0.5) is 0 Å². The molecule has 28 heavy (non-hydrogen) atoms. The number of hydrogen-bond acceptors (Lipinski definition) is 5. The average molecular weight is 474 g/mol. The number of thiocarbonyl (C=S) groups is 1. The van der Waals surface area contributed by atoms with Gasteiger partial charge in [0.05, 0.1) is 9.93 Å². The second-order valence-corrected chi connectivity index (χ2v) is 8.42. The largest absolute Gasteiger partial charge is 0.482 e. The summed E-state index contributed by atoms with van der Waals surface area (Å²) in [5, 5.41) is 2.33. The van der Waals surface area contributed by atoms with Gasteiger partial charge in [0, 0.05) is 10.0 Å². The molecule has 1 aliphatic heterocycles. The summed E-state index contributed by atoms with van der Waals surface area (Å²) in [6.45, 7) is -0.353. The molecule has 3 rings (SSSR count). The van der Waals surface area contributed by atoms with Crippen LogP contribution in [0.2, 0.25) is 15.1 Å². The van der Waals surface area contributed by atoms with Gasteiger partial charge in [-0.3, -0.25) is 15.0 Å². The van der Waals surface area contributed by atoms with Crippen LogP contribution < -0.4 is 10.2 Å². The fourth-order valence-corrected chi connectivity index (χ4v) is 3.94. The average Bonchev–Trinajstić information content (AvgIpc) is 2.90. The van der Waals surface area contributed by atoms with Crippen molar-refractivity contribution in [1.29, 1.82) is 0 Å². The summed E-state index contributed by atoms with van der Waals surface area (Å²) in [7, 11) is 0. The van der Waals surface area contributed by atoms with Crippen molar-refractivity contribution in [3.8, 4) is 5.75 Å². The maximum absolute atomic E-state index is 12.5. The van der Waals surface area contributed by atoms with Crippen LogP contribution in [0.3, 0.4) is 0 Å². The molecular weight excluding hydrogens is 463 g/mol. The van der Waals surface area contributed by atoms with E-state index in [1.807, 2.05) is 0 Å². The van der Waals surface area contributed by atoms with E-state index in [1.54, 1.807) is 42.5 Å². The van der Waals surface area contributed by atoms with Crippen LogP contribution in [0.1, 0.15) is 5.56 Å². The minimum Gasteiger partial charge on any atom is -0.482 e. The number of thioether (sulfide) groups is 1. The number of halogens is 3. The van der Waals surface area contributed by atoms with Gasteiger partial charge in [-0.1, -0.05) is 58.7 Å². The fraction of sp³-hybridized carbons (Fsp3) is 0.0556. The van der Waals surface area contributed by atoms with Gasteiger partial charge < -0.3 is 4.74 Å². The molecule has 10 heteroatoms. The number of nitrogens with one attached hydrogen (secondary N) is 1. The van der Waals surface area contributed by atoms with E-state index in [0.29, 0.717) is 20.7 Å². The van der Waals surface area contributed by atoms with Crippen LogP contribution in [0.25, 0.3) is 6.08 Å². The van der Waals surface area contributed by atoms with E-state index < -0.39 is 11.8 Å². The van der Waals surface area contributed by atoms with E-state index in [-0.39, 0.29) is 16.0 Å². The number of amides is 2. The minimum absolute atomic E-state index is 0.211. The van der Waals surface area contributed by atoms with Crippen molar-refractivity contribution >= 4 is 81.0 Å². The lowest BCUT2D eigenvalue weighted by atomic mass is 10.2. The molecule has 0 saturated carbocycles. The first kappa shape index (κ1) is 21.0. The summed E-state index contributed by atoms with van der Waals surface area (Å²) in [5.41, 5.74) is 3.22. The number of nitrogens with zero attached hydrogens (tertiary/aromatic N) is 1. The lowest BCUT2D eigenvalue weighted by molar-refractivity contribution is -0.134. The zero-order valence-electron chi connectivity index (χ0n) is 13.9. The molecule has 0 aliphatic carbocycles. The molecule has 1 saturated heterocycles. The van der Waals surface area contributed by atoms with Crippen LogP contribution in [-0.4, -0.2) is 27.8 Å². The van der Waals surface area contributed by atoms with Crippen molar-refractivity contribution in [3.05, 3.63) is 68.0 Å². The summed E-state index contributed by atoms with van der Waals surface area (Å²) in [5.74, 6) is -0.688. The smallest absolute Gasteiger partial charge is 0.285 e. The van der Waals surface area contributed by atoms with E-state index in [0.717, 1.165) is 22.3 Å². The third-order valence-electron chi connectivity index (χ3n) is 3.45. The number of hydrogen-bond donors (Lipinski definition) is 1. The second kappa shape index (κ2) is 9.15. The molecule has 2 amide bonds. The molecule has 0 unspecified atom stereocenters. The first-order valence-corrected chi connectivity index (χ1v) is 10.1. The Bertz CT molecular complexity index is 981. The van der Waals surface area contributed by atoms with Gasteiger partial charge in [-0.05, 0) is 54.2 Å². The van der Waals surface area contributed by atoms with Gasteiger partial charge in [0.1, 0.15) is 5.75 Å². The molecule has 0 bridgehead atoms. The van der Waals surface area contributed by atoms with Crippen molar-refractivity contribution in [2.45, 2.75) is 0 Å². The second-order valence-electron chi connectivity index (χ2n) is 5.47. The van der Waals surface area contributed by atoms with Gasteiger partial charge >= 0.3 is 0 Å². The van der Waals surface area contributed by atoms with Crippen LogP contribution >= 0.6 is 58.8 Å². The zero-order chi connectivity index (χ0) is 20.3. The minimum atomic E-state index is -0.560.